The quantitative estimate of drug-likeness (QED) is 0.802. The highest BCUT2D eigenvalue weighted by molar-refractivity contribution is 6.01. The number of hydrogen-bond donors (Lipinski definition) is 1. The van der Waals surface area contributed by atoms with E-state index in [1.54, 1.807) is 0 Å². The van der Waals surface area contributed by atoms with E-state index in [1.165, 1.54) is 0 Å². The highest BCUT2D eigenvalue weighted by Gasteiger charge is 2.15. The number of hydrogen-bond acceptors (Lipinski definition) is 5. The third-order valence-electron chi connectivity index (χ3n) is 3.29. The molecule has 1 amide bonds. The summed E-state index contributed by atoms with van der Waals surface area (Å²) in [7, 11) is 3.91. The van der Waals surface area contributed by atoms with Gasteiger partial charge >= 0.3 is 0 Å². The van der Waals surface area contributed by atoms with Gasteiger partial charge < -0.3 is 14.7 Å². The van der Waals surface area contributed by atoms with Crippen molar-refractivity contribution in [2.24, 2.45) is 0 Å². The zero-order valence-corrected chi connectivity index (χ0v) is 12.9. The summed E-state index contributed by atoms with van der Waals surface area (Å²) >= 11 is 0. The lowest BCUT2D eigenvalue weighted by molar-refractivity contribution is 0.101. The van der Waals surface area contributed by atoms with E-state index in [4.69, 9.17) is 4.52 Å². The summed E-state index contributed by atoms with van der Waals surface area (Å²) in [6, 6.07) is 16.8. The molecule has 0 saturated carbocycles. The molecule has 1 aromatic heterocycles. The van der Waals surface area contributed by atoms with Crippen LogP contribution in [0.3, 0.4) is 0 Å². The molecule has 3 aromatic rings. The van der Waals surface area contributed by atoms with Gasteiger partial charge in [-0.25, -0.2) is 0 Å². The molecule has 116 valence electrons. The van der Waals surface area contributed by atoms with E-state index in [-0.39, 0.29) is 5.82 Å². The van der Waals surface area contributed by atoms with Crippen molar-refractivity contribution in [1.29, 1.82) is 0 Å². The largest absolute Gasteiger partial charge is 0.378 e. The Bertz CT molecular complexity index is 795. The van der Waals surface area contributed by atoms with Crippen LogP contribution in [-0.2, 0) is 0 Å². The van der Waals surface area contributed by atoms with Gasteiger partial charge in [-0.15, -0.1) is 0 Å². The number of carbonyl (C=O) groups excluding carboxylic acids is 1. The number of anilines is 2. The smallest absolute Gasteiger partial charge is 0.297 e. The number of benzene rings is 2. The third kappa shape index (κ3) is 3.37. The maximum Gasteiger partial charge on any atom is 0.297 e. The molecule has 0 fully saturated rings. The molecule has 0 bridgehead atoms. The summed E-state index contributed by atoms with van der Waals surface area (Å²) in [5.41, 5.74) is 2.50. The Balaban J connectivity index is 1.72. The molecule has 0 spiro atoms. The molecule has 6 heteroatoms. The maximum absolute atomic E-state index is 12.2. The Hall–Kier alpha value is -3.15. The first kappa shape index (κ1) is 14.8. The molecular formula is C17H16N4O2. The minimum Gasteiger partial charge on any atom is -0.378 e. The van der Waals surface area contributed by atoms with E-state index in [1.807, 2.05) is 73.6 Å². The van der Waals surface area contributed by atoms with Crippen LogP contribution in [0.5, 0.6) is 0 Å². The summed E-state index contributed by atoms with van der Waals surface area (Å²) in [4.78, 5) is 18.3. The number of amides is 1. The van der Waals surface area contributed by atoms with Crippen molar-refractivity contribution in [3.8, 4) is 11.5 Å². The number of nitrogens with zero attached hydrogens (tertiary/aromatic N) is 3. The fourth-order valence-electron chi connectivity index (χ4n) is 2.04. The van der Waals surface area contributed by atoms with E-state index in [9.17, 15) is 4.79 Å². The van der Waals surface area contributed by atoms with Gasteiger partial charge in [-0.1, -0.05) is 23.4 Å². The van der Waals surface area contributed by atoms with Crippen LogP contribution in [0.1, 0.15) is 10.6 Å². The molecule has 0 radical (unpaired) electrons. The van der Waals surface area contributed by atoms with Crippen molar-refractivity contribution in [2.75, 3.05) is 24.3 Å². The van der Waals surface area contributed by atoms with Crippen LogP contribution in [0.25, 0.3) is 11.5 Å². The SMILES string of the molecule is CN(C)c1ccc(NC(=O)c2noc(-c3ccccc3)n2)cc1. The van der Waals surface area contributed by atoms with Gasteiger partial charge in [0, 0.05) is 31.0 Å². The van der Waals surface area contributed by atoms with Gasteiger partial charge in [-0.05, 0) is 36.4 Å². The third-order valence-corrected chi connectivity index (χ3v) is 3.29. The van der Waals surface area contributed by atoms with Crippen LogP contribution in [-0.4, -0.2) is 30.1 Å². The zero-order chi connectivity index (χ0) is 16.2. The standard InChI is InChI=1S/C17H16N4O2/c1-21(2)14-10-8-13(9-11-14)18-16(22)15-19-17(23-20-15)12-6-4-3-5-7-12/h3-11H,1-2H3,(H,18,22). The maximum atomic E-state index is 12.2. The highest BCUT2D eigenvalue weighted by atomic mass is 16.5. The van der Waals surface area contributed by atoms with E-state index in [0.717, 1.165) is 11.3 Å². The van der Waals surface area contributed by atoms with Crippen molar-refractivity contribution < 1.29 is 9.32 Å². The lowest BCUT2D eigenvalue weighted by Gasteiger charge is -2.12. The molecule has 2 aromatic carbocycles. The predicted molar refractivity (Wildman–Crippen MR) is 88.5 cm³/mol. The van der Waals surface area contributed by atoms with E-state index in [0.29, 0.717) is 11.6 Å². The lowest BCUT2D eigenvalue weighted by atomic mass is 10.2. The Kier molecular flexibility index (Phi) is 4.05. The molecule has 23 heavy (non-hydrogen) atoms. The first-order valence-electron chi connectivity index (χ1n) is 7.11. The van der Waals surface area contributed by atoms with Gasteiger partial charge in [0.25, 0.3) is 17.6 Å². The molecule has 1 N–H and O–H groups in total. The average molecular weight is 308 g/mol. The van der Waals surface area contributed by atoms with Gasteiger partial charge in [-0.3, -0.25) is 4.79 Å². The van der Waals surface area contributed by atoms with Crippen molar-refractivity contribution in [2.45, 2.75) is 0 Å². The normalized spacial score (nSPS) is 10.3. The lowest BCUT2D eigenvalue weighted by Crippen LogP contribution is -2.14. The van der Waals surface area contributed by atoms with Gasteiger partial charge in [0.05, 0.1) is 0 Å². The van der Waals surface area contributed by atoms with E-state index in [2.05, 4.69) is 15.5 Å². The number of nitrogens with one attached hydrogen (secondary N) is 1. The van der Waals surface area contributed by atoms with E-state index < -0.39 is 5.91 Å². The van der Waals surface area contributed by atoms with Crippen LogP contribution >= 0.6 is 0 Å². The fourth-order valence-corrected chi connectivity index (χ4v) is 2.04. The summed E-state index contributed by atoms with van der Waals surface area (Å²) in [6.07, 6.45) is 0. The summed E-state index contributed by atoms with van der Waals surface area (Å²) in [6.45, 7) is 0. The minimum atomic E-state index is -0.409. The molecule has 1 heterocycles. The highest BCUT2D eigenvalue weighted by Crippen LogP contribution is 2.18. The minimum absolute atomic E-state index is 0.000499. The fraction of sp³-hybridized carbons (Fsp3) is 0.118. The molecule has 6 nitrogen and oxygen atoms in total. The monoisotopic (exact) mass is 308 g/mol. The van der Waals surface area contributed by atoms with Gasteiger partial charge in [-0.2, -0.15) is 4.98 Å². The van der Waals surface area contributed by atoms with Crippen molar-refractivity contribution in [3.63, 3.8) is 0 Å². The van der Waals surface area contributed by atoms with Crippen LogP contribution in [0.4, 0.5) is 11.4 Å². The Morgan fingerprint density at radius 2 is 1.74 bits per heavy atom. The van der Waals surface area contributed by atoms with Crippen LogP contribution in [0.2, 0.25) is 0 Å². The predicted octanol–water partition coefficient (Wildman–Crippen LogP) is 3.05. The first-order chi connectivity index (χ1) is 11.1. The second-order valence-electron chi connectivity index (χ2n) is 5.18. The second kappa shape index (κ2) is 6.31. The second-order valence-corrected chi connectivity index (χ2v) is 5.18. The Labute approximate surface area is 133 Å². The zero-order valence-electron chi connectivity index (χ0n) is 12.9. The van der Waals surface area contributed by atoms with Gasteiger partial charge in [0.15, 0.2) is 0 Å². The number of rotatable bonds is 4. The Morgan fingerprint density at radius 1 is 1.04 bits per heavy atom. The first-order valence-corrected chi connectivity index (χ1v) is 7.11. The van der Waals surface area contributed by atoms with Crippen LogP contribution in [0, 0.1) is 0 Å². The summed E-state index contributed by atoms with van der Waals surface area (Å²) in [5.74, 6) is -0.0900. The number of carbonyl (C=O) groups is 1. The molecule has 0 aliphatic carbocycles. The van der Waals surface area contributed by atoms with E-state index >= 15 is 0 Å². The van der Waals surface area contributed by atoms with Gasteiger partial charge in [0.2, 0.25) is 0 Å². The van der Waals surface area contributed by atoms with Crippen molar-refractivity contribution in [1.82, 2.24) is 10.1 Å². The van der Waals surface area contributed by atoms with Crippen molar-refractivity contribution in [3.05, 3.63) is 60.4 Å². The molecule has 0 aliphatic rings. The van der Waals surface area contributed by atoms with Crippen molar-refractivity contribution >= 4 is 17.3 Å². The number of aromatic nitrogens is 2. The topological polar surface area (TPSA) is 71.3 Å². The van der Waals surface area contributed by atoms with Gasteiger partial charge in [0.1, 0.15) is 0 Å². The van der Waals surface area contributed by atoms with Crippen LogP contribution < -0.4 is 10.2 Å². The molecule has 3 rings (SSSR count). The molecule has 0 aliphatic heterocycles. The molecule has 0 atom stereocenters. The van der Waals surface area contributed by atoms with Crippen LogP contribution in [0.15, 0.2) is 59.1 Å². The molecule has 0 unspecified atom stereocenters. The molecule has 0 saturated heterocycles. The average Bonchev–Trinajstić information content (AvgIpc) is 3.06. The summed E-state index contributed by atoms with van der Waals surface area (Å²) in [5, 5.41) is 6.47. The Morgan fingerprint density at radius 3 is 2.39 bits per heavy atom. The summed E-state index contributed by atoms with van der Waals surface area (Å²) < 4.78 is 5.13. The molecular weight excluding hydrogens is 292 g/mol.